The van der Waals surface area contributed by atoms with E-state index >= 15 is 0 Å². The summed E-state index contributed by atoms with van der Waals surface area (Å²) in [5, 5.41) is 3.46. The van der Waals surface area contributed by atoms with Gasteiger partial charge in [0, 0.05) is 16.0 Å². The van der Waals surface area contributed by atoms with Crippen LogP contribution in [-0.2, 0) is 0 Å². The highest BCUT2D eigenvalue weighted by Crippen LogP contribution is 2.30. The van der Waals surface area contributed by atoms with Gasteiger partial charge < -0.3 is 11.5 Å². The van der Waals surface area contributed by atoms with Crippen LogP contribution in [0.5, 0.6) is 0 Å². The summed E-state index contributed by atoms with van der Waals surface area (Å²) in [5.41, 5.74) is 13.7. The van der Waals surface area contributed by atoms with E-state index in [0.717, 1.165) is 26.8 Å². The molecule has 4 rings (SSSR count). The maximum Gasteiger partial charge on any atom is 0.180 e. The van der Waals surface area contributed by atoms with E-state index in [9.17, 15) is 0 Å². The van der Waals surface area contributed by atoms with Crippen LogP contribution in [0, 0.1) is 0 Å². The molecule has 0 aliphatic carbocycles. The lowest BCUT2D eigenvalue weighted by atomic mass is 10.3. The van der Waals surface area contributed by atoms with Gasteiger partial charge in [-0.2, -0.15) is 0 Å². The summed E-state index contributed by atoms with van der Waals surface area (Å²) in [7, 11) is 0. The molecule has 4 N–H and O–H groups in total. The third-order valence-corrected chi connectivity index (χ3v) is 5.11. The first kappa shape index (κ1) is 15.8. The number of thiol groups is 1. The fraction of sp³-hybridized carbons (Fsp3) is 0. The fourth-order valence-electron chi connectivity index (χ4n) is 1.86. The molecule has 0 saturated carbocycles. The van der Waals surface area contributed by atoms with E-state index in [1.54, 1.807) is 11.3 Å². The molecule has 4 aromatic rings. The Morgan fingerprint density at radius 3 is 2.26 bits per heavy atom. The smallest absolute Gasteiger partial charge is 0.180 e. The molecule has 0 bridgehead atoms. The molecule has 0 spiro atoms. The lowest BCUT2D eigenvalue weighted by Gasteiger charge is -1.92. The van der Waals surface area contributed by atoms with E-state index in [1.165, 1.54) is 16.0 Å². The lowest BCUT2D eigenvalue weighted by Crippen LogP contribution is -1.83. The van der Waals surface area contributed by atoms with Gasteiger partial charge in [0.2, 0.25) is 0 Å². The van der Waals surface area contributed by atoms with Gasteiger partial charge in [0.25, 0.3) is 0 Å². The average Bonchev–Trinajstić information content (AvgIpc) is 3.16. The van der Waals surface area contributed by atoms with Crippen molar-refractivity contribution in [3.8, 4) is 10.7 Å². The standard InChI is InChI=1S/C10H7N3S2.C6H7NS/c11-10-13-7(5-14-10)9-12-6-3-1-2-4-8(6)15-9;7-5-3-1-2-4-6(5)8/h1-5H,(H2,11,13);1-4,8H,7H2. The molecular weight excluding hydrogens is 344 g/mol. The van der Waals surface area contributed by atoms with E-state index in [1.807, 2.05) is 47.8 Å². The second kappa shape index (κ2) is 6.99. The Morgan fingerprint density at radius 1 is 0.913 bits per heavy atom. The molecule has 0 aliphatic rings. The van der Waals surface area contributed by atoms with E-state index in [2.05, 4.69) is 28.7 Å². The molecule has 0 fully saturated rings. The van der Waals surface area contributed by atoms with Gasteiger partial charge in [-0.15, -0.1) is 35.3 Å². The molecule has 7 heteroatoms. The third kappa shape index (κ3) is 3.82. The summed E-state index contributed by atoms with van der Waals surface area (Å²) in [4.78, 5) is 9.56. The zero-order valence-electron chi connectivity index (χ0n) is 12.0. The maximum absolute atomic E-state index is 5.59. The van der Waals surface area contributed by atoms with Gasteiger partial charge in [-0.3, -0.25) is 0 Å². The summed E-state index contributed by atoms with van der Waals surface area (Å²) < 4.78 is 1.18. The Bertz CT molecular complexity index is 876. The first-order chi connectivity index (χ1) is 11.1. The van der Waals surface area contributed by atoms with Crippen LogP contribution in [0.2, 0.25) is 0 Å². The Kier molecular flexibility index (Phi) is 4.80. The number of nitrogens with zero attached hydrogens (tertiary/aromatic N) is 2. The molecule has 0 atom stereocenters. The van der Waals surface area contributed by atoms with Gasteiger partial charge in [-0.05, 0) is 24.3 Å². The number of para-hydroxylation sites is 2. The van der Waals surface area contributed by atoms with Crippen molar-refractivity contribution in [1.29, 1.82) is 0 Å². The first-order valence-corrected chi connectivity index (χ1v) is 8.88. The molecule has 0 saturated heterocycles. The fourth-order valence-corrected chi connectivity index (χ4v) is 3.56. The minimum atomic E-state index is 0.587. The zero-order valence-corrected chi connectivity index (χ0v) is 14.5. The van der Waals surface area contributed by atoms with Crippen LogP contribution in [0.1, 0.15) is 0 Å². The number of nitrogens with two attached hydrogens (primary N) is 2. The lowest BCUT2D eigenvalue weighted by molar-refractivity contribution is 1.37. The van der Waals surface area contributed by atoms with Gasteiger partial charge in [0.15, 0.2) is 5.13 Å². The van der Waals surface area contributed by atoms with Crippen LogP contribution in [-0.4, -0.2) is 9.97 Å². The van der Waals surface area contributed by atoms with Crippen molar-refractivity contribution in [3.05, 3.63) is 53.9 Å². The molecular formula is C16H14N4S3. The van der Waals surface area contributed by atoms with Crippen molar-refractivity contribution in [3.63, 3.8) is 0 Å². The number of nitrogen functional groups attached to an aromatic ring is 2. The van der Waals surface area contributed by atoms with Crippen molar-refractivity contribution in [1.82, 2.24) is 9.97 Å². The number of aromatic nitrogens is 2. The molecule has 23 heavy (non-hydrogen) atoms. The Labute approximate surface area is 147 Å². The molecule has 2 aromatic heterocycles. The number of fused-ring (bicyclic) bond motifs is 1. The number of anilines is 2. The number of benzene rings is 2. The Hall–Kier alpha value is -2.09. The number of rotatable bonds is 1. The normalized spacial score (nSPS) is 10.3. The van der Waals surface area contributed by atoms with Gasteiger partial charge in [0.1, 0.15) is 10.7 Å². The van der Waals surface area contributed by atoms with E-state index < -0.39 is 0 Å². The van der Waals surface area contributed by atoms with Gasteiger partial charge in [-0.1, -0.05) is 24.3 Å². The first-order valence-electron chi connectivity index (χ1n) is 6.74. The highest BCUT2D eigenvalue weighted by Gasteiger charge is 2.08. The monoisotopic (exact) mass is 358 g/mol. The van der Waals surface area contributed by atoms with Crippen molar-refractivity contribution >= 4 is 56.3 Å². The molecule has 2 heterocycles. The van der Waals surface area contributed by atoms with Crippen LogP contribution in [0.25, 0.3) is 20.9 Å². The molecule has 0 unspecified atom stereocenters. The predicted octanol–water partition coefficient (Wildman–Crippen LogP) is 4.56. The number of hydrogen-bond acceptors (Lipinski definition) is 7. The minimum absolute atomic E-state index is 0.587. The maximum atomic E-state index is 5.59. The minimum Gasteiger partial charge on any atom is -0.398 e. The predicted molar refractivity (Wildman–Crippen MR) is 103 cm³/mol. The van der Waals surface area contributed by atoms with Crippen LogP contribution in [0.4, 0.5) is 10.8 Å². The summed E-state index contributed by atoms with van der Waals surface area (Å²) in [6, 6.07) is 15.5. The topological polar surface area (TPSA) is 77.8 Å². The van der Waals surface area contributed by atoms with Crippen LogP contribution in [0.3, 0.4) is 0 Å². The van der Waals surface area contributed by atoms with Gasteiger partial charge in [0.05, 0.1) is 10.2 Å². The average molecular weight is 359 g/mol. The van der Waals surface area contributed by atoms with Crippen LogP contribution >= 0.6 is 35.3 Å². The molecule has 2 aromatic carbocycles. The van der Waals surface area contributed by atoms with Gasteiger partial charge in [-0.25, -0.2) is 9.97 Å². The highest BCUT2D eigenvalue weighted by molar-refractivity contribution is 7.80. The second-order valence-electron chi connectivity index (χ2n) is 4.62. The molecule has 116 valence electrons. The second-order valence-corrected chi connectivity index (χ2v) is 7.02. The van der Waals surface area contributed by atoms with Crippen molar-refractivity contribution < 1.29 is 0 Å². The van der Waals surface area contributed by atoms with Crippen molar-refractivity contribution in [2.45, 2.75) is 4.90 Å². The zero-order chi connectivity index (χ0) is 16.2. The van der Waals surface area contributed by atoms with E-state index in [-0.39, 0.29) is 0 Å². The summed E-state index contributed by atoms with van der Waals surface area (Å²) in [6.07, 6.45) is 0. The third-order valence-electron chi connectivity index (χ3n) is 2.97. The quantitative estimate of drug-likeness (QED) is 0.344. The molecule has 0 amide bonds. The summed E-state index contributed by atoms with van der Waals surface area (Å²) in [6.45, 7) is 0. The van der Waals surface area contributed by atoms with Crippen LogP contribution < -0.4 is 11.5 Å². The Morgan fingerprint density at radius 2 is 1.65 bits per heavy atom. The van der Waals surface area contributed by atoms with E-state index in [4.69, 9.17) is 11.5 Å². The number of hydrogen-bond donors (Lipinski definition) is 3. The van der Waals surface area contributed by atoms with E-state index in [0.29, 0.717) is 5.13 Å². The molecule has 4 nitrogen and oxygen atoms in total. The number of thiazole rings is 2. The SMILES string of the molecule is Nc1ccccc1S.Nc1nc(-c2nc3ccccc3s2)cs1. The van der Waals surface area contributed by atoms with Gasteiger partial charge >= 0.3 is 0 Å². The summed E-state index contributed by atoms with van der Waals surface area (Å²) in [5.74, 6) is 0. The highest BCUT2D eigenvalue weighted by atomic mass is 32.1. The Balaban J connectivity index is 0.000000166. The molecule has 0 radical (unpaired) electrons. The van der Waals surface area contributed by atoms with Crippen molar-refractivity contribution in [2.24, 2.45) is 0 Å². The van der Waals surface area contributed by atoms with Crippen LogP contribution in [0.15, 0.2) is 58.8 Å². The largest absolute Gasteiger partial charge is 0.398 e. The summed E-state index contributed by atoms with van der Waals surface area (Å²) >= 11 is 7.16. The van der Waals surface area contributed by atoms with Crippen molar-refractivity contribution in [2.75, 3.05) is 11.5 Å². The molecule has 0 aliphatic heterocycles.